The molecule has 0 radical (unpaired) electrons. The second kappa shape index (κ2) is 12.2. The molecule has 1 fully saturated rings. The minimum atomic E-state index is -0.672. The summed E-state index contributed by atoms with van der Waals surface area (Å²) < 4.78 is 24.9. The number of ether oxygens (including phenoxy) is 1. The Morgan fingerprint density at radius 3 is 2.62 bits per heavy atom. The molecular weight excluding hydrogens is 535 g/mol. The summed E-state index contributed by atoms with van der Waals surface area (Å²) in [7, 11) is 0. The van der Waals surface area contributed by atoms with E-state index in [0.29, 0.717) is 71.5 Å². The lowest BCUT2D eigenvalue weighted by molar-refractivity contribution is -0.133. The van der Waals surface area contributed by atoms with Gasteiger partial charge in [-0.2, -0.15) is 15.3 Å². The van der Waals surface area contributed by atoms with Crippen LogP contribution in [0.2, 0.25) is 0 Å². The molecule has 0 aliphatic heterocycles. The van der Waals surface area contributed by atoms with E-state index in [9.17, 15) is 14.9 Å². The van der Waals surface area contributed by atoms with Gasteiger partial charge in [0.1, 0.15) is 17.7 Å². The minimum absolute atomic E-state index is 0.101. The Balaban J connectivity index is 1.53. The topological polar surface area (TPSA) is 128 Å². The van der Waals surface area contributed by atoms with Crippen LogP contribution in [0.15, 0.2) is 47.3 Å². The Morgan fingerprint density at radius 1 is 1.21 bits per heavy atom. The molecule has 1 saturated carbocycles. The molecule has 42 heavy (non-hydrogen) atoms. The Bertz CT molecular complexity index is 1730. The quantitative estimate of drug-likeness (QED) is 0.308. The standard InChI is InChI=1S/C32H35FN6O3/c1-4-7-29-27(16-22-11-10-21(17-28(22)33)26-9-6-5-8-23(26)18-34)31(41)38(32-36-20(3)37-39(29)32)24-12-14-25(15-13-24)42-19(2)30(35)40/h5-6,8-11,17,19,24-25H,4,7,12-16H2,1-3H3,(H2,35,40)/t19?,24-,25-. The zero-order valence-electron chi connectivity index (χ0n) is 24.1. The third-order valence-corrected chi connectivity index (χ3v) is 8.06. The van der Waals surface area contributed by atoms with Crippen LogP contribution in [0.1, 0.15) is 80.2 Å². The van der Waals surface area contributed by atoms with Crippen molar-refractivity contribution in [3.05, 3.63) is 86.8 Å². The number of carbonyl (C=O) groups excluding carboxylic acids is 1. The fourth-order valence-electron chi connectivity index (χ4n) is 5.90. The van der Waals surface area contributed by atoms with Gasteiger partial charge in [-0.3, -0.25) is 14.2 Å². The lowest BCUT2D eigenvalue weighted by Gasteiger charge is -2.31. The maximum absolute atomic E-state index is 15.6. The number of nitriles is 1. The fraction of sp³-hybridized carbons (Fsp3) is 0.406. The normalized spacial score (nSPS) is 17.7. The first-order valence-electron chi connectivity index (χ1n) is 14.4. The number of primary amides is 1. The number of amides is 1. The molecule has 0 spiro atoms. The molecule has 2 N–H and O–H groups in total. The maximum atomic E-state index is 15.6. The summed E-state index contributed by atoms with van der Waals surface area (Å²) in [5.74, 6) is 0.101. The highest BCUT2D eigenvalue weighted by Crippen LogP contribution is 2.32. The van der Waals surface area contributed by atoms with Crippen molar-refractivity contribution in [2.24, 2.45) is 5.73 Å². The molecule has 5 rings (SSSR count). The number of halogens is 1. The van der Waals surface area contributed by atoms with Crippen LogP contribution in [0, 0.1) is 24.1 Å². The van der Waals surface area contributed by atoms with E-state index in [1.54, 1.807) is 53.3 Å². The summed E-state index contributed by atoms with van der Waals surface area (Å²) in [5.41, 5.74) is 8.53. The van der Waals surface area contributed by atoms with Crippen LogP contribution >= 0.6 is 0 Å². The Morgan fingerprint density at radius 2 is 1.95 bits per heavy atom. The van der Waals surface area contributed by atoms with Crippen molar-refractivity contribution < 1.29 is 13.9 Å². The average molecular weight is 571 g/mol. The molecule has 4 aromatic rings. The van der Waals surface area contributed by atoms with E-state index in [4.69, 9.17) is 10.5 Å². The first-order chi connectivity index (χ1) is 20.2. The SMILES string of the molecule is CCCc1c(Cc2ccc(-c3ccccc3C#N)cc2F)c(=O)n([C@H]2CC[C@H](OC(C)C(N)=O)CC2)c2nc(C)nn12. The van der Waals surface area contributed by atoms with E-state index in [0.717, 1.165) is 12.1 Å². The molecule has 9 nitrogen and oxygen atoms in total. The van der Waals surface area contributed by atoms with Crippen LogP contribution in [0.3, 0.4) is 0 Å². The molecule has 1 aliphatic rings. The van der Waals surface area contributed by atoms with Crippen molar-refractivity contribution in [1.29, 1.82) is 5.26 Å². The van der Waals surface area contributed by atoms with Gasteiger partial charge >= 0.3 is 0 Å². The average Bonchev–Trinajstić information content (AvgIpc) is 3.37. The van der Waals surface area contributed by atoms with Gasteiger partial charge in [0.05, 0.1) is 23.4 Å². The van der Waals surface area contributed by atoms with Gasteiger partial charge in [0, 0.05) is 18.0 Å². The fourth-order valence-corrected chi connectivity index (χ4v) is 5.90. The highest BCUT2D eigenvalue weighted by atomic mass is 19.1. The van der Waals surface area contributed by atoms with Crippen molar-refractivity contribution in [2.75, 3.05) is 0 Å². The van der Waals surface area contributed by atoms with Crippen molar-refractivity contribution in [2.45, 2.75) is 84.0 Å². The van der Waals surface area contributed by atoms with Crippen LogP contribution in [-0.4, -0.2) is 37.3 Å². The number of fused-ring (bicyclic) bond motifs is 1. The van der Waals surface area contributed by atoms with E-state index in [1.165, 1.54) is 6.07 Å². The van der Waals surface area contributed by atoms with Gasteiger partial charge in [0.25, 0.3) is 5.56 Å². The molecule has 1 unspecified atom stereocenters. The lowest BCUT2D eigenvalue weighted by Crippen LogP contribution is -2.37. The van der Waals surface area contributed by atoms with E-state index in [2.05, 4.69) is 16.2 Å². The molecule has 1 amide bonds. The van der Waals surface area contributed by atoms with Gasteiger partial charge in [0.15, 0.2) is 0 Å². The lowest BCUT2D eigenvalue weighted by atomic mass is 9.92. The monoisotopic (exact) mass is 570 g/mol. The molecule has 2 aromatic heterocycles. The van der Waals surface area contributed by atoms with Crippen molar-refractivity contribution in [3.8, 4) is 17.2 Å². The maximum Gasteiger partial charge on any atom is 0.259 e. The van der Waals surface area contributed by atoms with Crippen LogP contribution in [0.5, 0.6) is 0 Å². The van der Waals surface area contributed by atoms with Crippen LogP contribution < -0.4 is 11.3 Å². The number of nitrogens with zero attached hydrogens (tertiary/aromatic N) is 5. The number of nitrogens with two attached hydrogens (primary N) is 1. The smallest absolute Gasteiger partial charge is 0.259 e. The van der Waals surface area contributed by atoms with Gasteiger partial charge in [-0.05, 0) is 74.8 Å². The summed E-state index contributed by atoms with van der Waals surface area (Å²) in [6.07, 6.45) is 3.33. The second-order valence-corrected chi connectivity index (χ2v) is 11.0. The zero-order chi connectivity index (χ0) is 30.0. The summed E-state index contributed by atoms with van der Waals surface area (Å²) in [4.78, 5) is 30.3. The third-order valence-electron chi connectivity index (χ3n) is 8.06. The van der Waals surface area contributed by atoms with E-state index >= 15 is 4.39 Å². The van der Waals surface area contributed by atoms with E-state index < -0.39 is 17.8 Å². The number of hydrogen-bond donors (Lipinski definition) is 1. The summed E-state index contributed by atoms with van der Waals surface area (Å²) >= 11 is 0. The number of aromatic nitrogens is 4. The van der Waals surface area contributed by atoms with Crippen molar-refractivity contribution >= 4 is 11.7 Å². The molecule has 2 aromatic carbocycles. The number of benzene rings is 2. The minimum Gasteiger partial charge on any atom is -0.367 e. The van der Waals surface area contributed by atoms with Crippen LogP contribution in [-0.2, 0) is 22.4 Å². The number of carbonyl (C=O) groups is 1. The van der Waals surface area contributed by atoms with Crippen LogP contribution in [0.25, 0.3) is 16.9 Å². The van der Waals surface area contributed by atoms with E-state index in [1.807, 2.05) is 13.0 Å². The van der Waals surface area contributed by atoms with Gasteiger partial charge in [0.2, 0.25) is 11.7 Å². The highest BCUT2D eigenvalue weighted by molar-refractivity contribution is 5.78. The summed E-state index contributed by atoms with van der Waals surface area (Å²) in [6.45, 7) is 5.47. The number of rotatable bonds is 9. The van der Waals surface area contributed by atoms with Crippen LogP contribution in [0.4, 0.5) is 4.39 Å². The molecule has 218 valence electrons. The summed E-state index contributed by atoms with van der Waals surface area (Å²) in [6, 6.07) is 14.0. The predicted molar refractivity (Wildman–Crippen MR) is 156 cm³/mol. The molecule has 1 atom stereocenters. The van der Waals surface area contributed by atoms with Crippen molar-refractivity contribution in [3.63, 3.8) is 0 Å². The number of aryl methyl sites for hydroxylation is 2. The van der Waals surface area contributed by atoms with Gasteiger partial charge in [-0.1, -0.05) is 43.7 Å². The van der Waals surface area contributed by atoms with Crippen molar-refractivity contribution in [1.82, 2.24) is 19.2 Å². The second-order valence-electron chi connectivity index (χ2n) is 11.0. The molecule has 2 heterocycles. The number of hydrogen-bond acceptors (Lipinski definition) is 6. The Labute approximate surface area is 243 Å². The first-order valence-corrected chi connectivity index (χ1v) is 14.4. The molecule has 0 saturated heterocycles. The molecule has 1 aliphatic carbocycles. The first kappa shape index (κ1) is 29.1. The Kier molecular flexibility index (Phi) is 8.50. The summed E-state index contributed by atoms with van der Waals surface area (Å²) in [5, 5.41) is 14.1. The molecule has 0 bridgehead atoms. The Hall–Kier alpha value is -4.36. The largest absolute Gasteiger partial charge is 0.367 e. The third kappa shape index (κ3) is 5.70. The van der Waals surface area contributed by atoms with Gasteiger partial charge in [-0.25, -0.2) is 8.91 Å². The zero-order valence-corrected chi connectivity index (χ0v) is 24.1. The molecule has 10 heteroatoms. The predicted octanol–water partition coefficient (Wildman–Crippen LogP) is 4.79. The van der Waals surface area contributed by atoms with E-state index in [-0.39, 0.29) is 24.1 Å². The van der Waals surface area contributed by atoms with Gasteiger partial charge in [-0.15, -0.1) is 0 Å². The molecular formula is C32H35FN6O3. The van der Waals surface area contributed by atoms with Gasteiger partial charge < -0.3 is 10.5 Å². The highest BCUT2D eigenvalue weighted by Gasteiger charge is 2.30.